The molecule has 0 saturated heterocycles. The summed E-state index contributed by atoms with van der Waals surface area (Å²) in [7, 11) is 0. The minimum atomic E-state index is 0. The van der Waals surface area contributed by atoms with E-state index in [1.165, 1.54) is 33.1 Å². The van der Waals surface area contributed by atoms with Crippen molar-refractivity contribution in [1.29, 1.82) is 0 Å². The fourth-order valence-corrected chi connectivity index (χ4v) is 4.54. The van der Waals surface area contributed by atoms with E-state index in [1.54, 1.807) is 0 Å². The van der Waals surface area contributed by atoms with Gasteiger partial charge in [-0.3, -0.25) is 4.98 Å². The van der Waals surface area contributed by atoms with Gasteiger partial charge in [0.25, 0.3) is 0 Å². The van der Waals surface area contributed by atoms with Crippen molar-refractivity contribution in [3.05, 3.63) is 96.1 Å². The molecule has 163 valence electrons. The minimum Gasteiger partial charge on any atom is -0.332 e. The van der Waals surface area contributed by atoms with Gasteiger partial charge >= 0.3 is 0 Å². The zero-order valence-corrected chi connectivity index (χ0v) is 21.3. The van der Waals surface area contributed by atoms with Crippen LogP contribution in [-0.4, -0.2) is 9.55 Å². The third kappa shape index (κ3) is 3.70. The number of imidazole rings is 1. The first kappa shape index (κ1) is 22.5. The van der Waals surface area contributed by atoms with Gasteiger partial charge < -0.3 is 4.57 Å². The van der Waals surface area contributed by atoms with Crippen LogP contribution in [0.5, 0.6) is 0 Å². The number of benzene rings is 4. The quantitative estimate of drug-likeness (QED) is 0.193. The zero-order chi connectivity index (χ0) is 21.5. The van der Waals surface area contributed by atoms with Gasteiger partial charge in [-0.25, -0.2) is 0 Å². The predicted octanol–water partition coefficient (Wildman–Crippen LogP) is 7.89. The largest absolute Gasteiger partial charge is 0.332 e. The molecule has 5 aromatic rings. The van der Waals surface area contributed by atoms with Crippen molar-refractivity contribution in [3.8, 4) is 17.1 Å². The fraction of sp³-hybridized carbons (Fsp3) is 0.207. The van der Waals surface area contributed by atoms with Crippen molar-refractivity contribution >= 4 is 21.8 Å². The Morgan fingerprint density at radius 2 is 1.44 bits per heavy atom. The van der Waals surface area contributed by atoms with Crippen LogP contribution in [0.3, 0.4) is 0 Å². The van der Waals surface area contributed by atoms with Crippen molar-refractivity contribution in [2.24, 2.45) is 0 Å². The van der Waals surface area contributed by atoms with Crippen LogP contribution in [0, 0.1) is 6.07 Å². The summed E-state index contributed by atoms with van der Waals surface area (Å²) in [6.45, 7) is 9.09. The Bertz CT molecular complexity index is 1350. The second kappa shape index (κ2) is 9.02. The maximum atomic E-state index is 5.14. The molecule has 1 radical (unpaired) electrons. The molecule has 0 unspecified atom stereocenters. The first-order chi connectivity index (χ1) is 15.1. The van der Waals surface area contributed by atoms with Crippen LogP contribution in [0.1, 0.15) is 50.7 Å². The number of rotatable bonds is 4. The molecule has 0 spiro atoms. The first-order valence-electron chi connectivity index (χ1n) is 11.1. The number of fused-ring (bicyclic) bond motifs is 3. The molecular weight excluding hydrogens is 569 g/mol. The SMILES string of the molecule is CC(C)c1cccc(C(C)C)c1-n1c(-c2[c-]cccc2)nc2ccc3ccccc3c21.[Ir]. The second-order valence-corrected chi connectivity index (χ2v) is 8.80. The molecule has 0 atom stereocenters. The van der Waals surface area contributed by atoms with Crippen LogP contribution in [0.25, 0.3) is 38.9 Å². The summed E-state index contributed by atoms with van der Waals surface area (Å²) in [5.41, 5.74) is 7.14. The Hall–Kier alpha value is -2.74. The van der Waals surface area contributed by atoms with Gasteiger partial charge in [-0.1, -0.05) is 76.2 Å². The summed E-state index contributed by atoms with van der Waals surface area (Å²) in [6.07, 6.45) is 0. The Morgan fingerprint density at radius 3 is 2.09 bits per heavy atom. The summed E-state index contributed by atoms with van der Waals surface area (Å²) in [5, 5.41) is 2.45. The van der Waals surface area contributed by atoms with E-state index in [4.69, 9.17) is 4.98 Å². The molecule has 1 heterocycles. The summed E-state index contributed by atoms with van der Waals surface area (Å²) in [4.78, 5) is 5.14. The van der Waals surface area contributed by atoms with Gasteiger partial charge in [0.05, 0.1) is 16.9 Å². The summed E-state index contributed by atoms with van der Waals surface area (Å²) < 4.78 is 2.40. The van der Waals surface area contributed by atoms with Crippen LogP contribution in [0.15, 0.2) is 78.9 Å². The topological polar surface area (TPSA) is 17.8 Å². The normalized spacial score (nSPS) is 11.4. The van der Waals surface area contributed by atoms with E-state index in [2.05, 4.69) is 105 Å². The van der Waals surface area contributed by atoms with E-state index < -0.39 is 0 Å². The monoisotopic (exact) mass is 596 g/mol. The van der Waals surface area contributed by atoms with Crippen LogP contribution < -0.4 is 0 Å². The summed E-state index contributed by atoms with van der Waals surface area (Å²) in [6, 6.07) is 31.2. The Balaban J connectivity index is 0.00000245. The van der Waals surface area contributed by atoms with Gasteiger partial charge in [-0.05, 0) is 34.4 Å². The number of hydrogen-bond donors (Lipinski definition) is 0. The summed E-state index contributed by atoms with van der Waals surface area (Å²) in [5.74, 6) is 1.74. The van der Waals surface area contributed by atoms with E-state index in [0.29, 0.717) is 11.8 Å². The number of para-hydroxylation sites is 1. The van der Waals surface area contributed by atoms with E-state index in [1.807, 2.05) is 12.1 Å². The molecular formula is C29H27IrN2-. The van der Waals surface area contributed by atoms with Gasteiger partial charge in [0.1, 0.15) is 0 Å². The molecule has 0 N–H and O–H groups in total. The van der Waals surface area contributed by atoms with E-state index in [0.717, 1.165) is 16.9 Å². The third-order valence-corrected chi connectivity index (χ3v) is 6.06. The molecule has 32 heavy (non-hydrogen) atoms. The molecule has 0 aliphatic heterocycles. The summed E-state index contributed by atoms with van der Waals surface area (Å²) >= 11 is 0. The van der Waals surface area contributed by atoms with Crippen LogP contribution in [-0.2, 0) is 20.1 Å². The predicted molar refractivity (Wildman–Crippen MR) is 131 cm³/mol. The maximum Gasteiger partial charge on any atom is 0.0781 e. The maximum absolute atomic E-state index is 5.14. The van der Waals surface area contributed by atoms with E-state index >= 15 is 0 Å². The molecule has 0 saturated carbocycles. The average molecular weight is 596 g/mol. The molecule has 0 bridgehead atoms. The third-order valence-electron chi connectivity index (χ3n) is 6.06. The number of hydrogen-bond acceptors (Lipinski definition) is 1. The molecule has 3 heteroatoms. The van der Waals surface area contributed by atoms with Crippen LogP contribution in [0.4, 0.5) is 0 Å². The molecule has 0 aliphatic carbocycles. The van der Waals surface area contributed by atoms with Gasteiger partial charge in [0.15, 0.2) is 0 Å². The van der Waals surface area contributed by atoms with Crippen molar-refractivity contribution < 1.29 is 20.1 Å². The first-order valence-corrected chi connectivity index (χ1v) is 11.1. The van der Waals surface area contributed by atoms with Gasteiger partial charge in [-0.15, -0.1) is 35.9 Å². The van der Waals surface area contributed by atoms with Crippen LogP contribution >= 0.6 is 0 Å². The van der Waals surface area contributed by atoms with Crippen molar-refractivity contribution in [2.75, 3.05) is 0 Å². The smallest absolute Gasteiger partial charge is 0.0781 e. The van der Waals surface area contributed by atoms with Gasteiger partial charge in [0.2, 0.25) is 0 Å². The molecule has 2 nitrogen and oxygen atoms in total. The van der Waals surface area contributed by atoms with Gasteiger partial charge in [-0.2, -0.15) is 0 Å². The molecule has 4 aromatic carbocycles. The zero-order valence-electron chi connectivity index (χ0n) is 18.9. The molecule has 1 aromatic heterocycles. The van der Waals surface area contributed by atoms with E-state index in [-0.39, 0.29) is 20.1 Å². The Kier molecular flexibility index (Phi) is 6.33. The second-order valence-electron chi connectivity index (χ2n) is 8.80. The molecule has 5 rings (SSSR count). The van der Waals surface area contributed by atoms with Crippen molar-refractivity contribution in [2.45, 2.75) is 39.5 Å². The minimum absolute atomic E-state index is 0. The fourth-order valence-electron chi connectivity index (χ4n) is 4.54. The molecule has 0 aliphatic rings. The number of nitrogens with zero attached hydrogens (tertiary/aromatic N) is 2. The number of aromatic nitrogens is 2. The average Bonchev–Trinajstić information content (AvgIpc) is 3.19. The standard InChI is InChI=1S/C29H27N2.Ir/c1-19(2)23-15-10-16-24(20(3)4)27(23)31-28-25-14-9-8-11-21(25)17-18-26(28)30-29(31)22-12-6-5-7-13-22;/h5-12,14-20H,1-4H3;/q-1;. The molecule has 0 fully saturated rings. The van der Waals surface area contributed by atoms with Gasteiger partial charge in [0, 0.05) is 31.2 Å². The van der Waals surface area contributed by atoms with Crippen LogP contribution in [0.2, 0.25) is 0 Å². The Morgan fingerprint density at radius 1 is 0.750 bits per heavy atom. The Labute approximate surface area is 203 Å². The van der Waals surface area contributed by atoms with E-state index in [9.17, 15) is 0 Å². The van der Waals surface area contributed by atoms with Crippen molar-refractivity contribution in [1.82, 2.24) is 9.55 Å². The van der Waals surface area contributed by atoms with Crippen molar-refractivity contribution in [3.63, 3.8) is 0 Å². The molecule has 0 amide bonds.